The third kappa shape index (κ3) is 3.28. The lowest BCUT2D eigenvalue weighted by molar-refractivity contribution is -0.139. The molecule has 0 saturated heterocycles. The Labute approximate surface area is 156 Å². The number of H-pyrrole nitrogens is 1. The Morgan fingerprint density at radius 1 is 1.00 bits per heavy atom. The second-order valence-electron chi connectivity index (χ2n) is 6.29. The molecule has 0 bridgehead atoms. The summed E-state index contributed by atoms with van der Waals surface area (Å²) in [6, 6.07) is 13.6. The van der Waals surface area contributed by atoms with E-state index in [2.05, 4.69) is 9.97 Å². The van der Waals surface area contributed by atoms with Gasteiger partial charge in [-0.25, -0.2) is 14.2 Å². The van der Waals surface area contributed by atoms with Crippen LogP contribution in [0.25, 0.3) is 22.3 Å². The summed E-state index contributed by atoms with van der Waals surface area (Å²) >= 11 is 0. The van der Waals surface area contributed by atoms with Crippen molar-refractivity contribution in [1.82, 2.24) is 14.5 Å². The molecule has 0 atom stereocenters. The Morgan fingerprint density at radius 2 is 1.75 bits per heavy atom. The number of halogens is 4. The van der Waals surface area contributed by atoms with Gasteiger partial charge in [-0.1, -0.05) is 36.4 Å². The summed E-state index contributed by atoms with van der Waals surface area (Å²) in [5, 5.41) is 0. The van der Waals surface area contributed by atoms with Crippen LogP contribution in [0.3, 0.4) is 0 Å². The fourth-order valence-corrected chi connectivity index (χ4v) is 3.04. The maximum Gasteiger partial charge on any atom is 0.419 e. The molecule has 0 radical (unpaired) electrons. The minimum atomic E-state index is -4.80. The van der Waals surface area contributed by atoms with Crippen LogP contribution in [0.4, 0.5) is 17.6 Å². The summed E-state index contributed by atoms with van der Waals surface area (Å²) in [5.74, 6) is -1.34. The molecule has 2 aromatic carbocycles. The van der Waals surface area contributed by atoms with Gasteiger partial charge in [0.25, 0.3) is 0 Å². The SMILES string of the molecule is O=c1[nH]c2ncc(-c3ccc(F)c(C(F)(F)F)c3)cc2n1Cc1ccccc1. The van der Waals surface area contributed by atoms with Gasteiger partial charge in [-0.2, -0.15) is 13.2 Å². The number of imidazole rings is 1. The van der Waals surface area contributed by atoms with Gasteiger partial charge in [0.1, 0.15) is 5.82 Å². The normalized spacial score (nSPS) is 11.9. The Balaban J connectivity index is 1.82. The zero-order valence-corrected chi connectivity index (χ0v) is 14.3. The van der Waals surface area contributed by atoms with Crippen molar-refractivity contribution in [2.24, 2.45) is 0 Å². The monoisotopic (exact) mass is 387 g/mol. The van der Waals surface area contributed by atoms with Crippen LogP contribution in [0.15, 0.2) is 65.6 Å². The van der Waals surface area contributed by atoms with E-state index >= 15 is 0 Å². The third-order valence-corrected chi connectivity index (χ3v) is 4.42. The molecule has 1 N–H and O–H groups in total. The van der Waals surface area contributed by atoms with E-state index in [1.807, 2.05) is 30.3 Å². The summed E-state index contributed by atoms with van der Waals surface area (Å²) in [5.41, 5.74) is 0.436. The Bertz CT molecular complexity index is 1210. The minimum Gasteiger partial charge on any atom is -0.290 e. The second-order valence-corrected chi connectivity index (χ2v) is 6.29. The molecule has 0 aliphatic carbocycles. The molecule has 142 valence electrons. The third-order valence-electron chi connectivity index (χ3n) is 4.42. The van der Waals surface area contributed by atoms with Crippen LogP contribution in [0.2, 0.25) is 0 Å². The molecule has 4 nitrogen and oxygen atoms in total. The van der Waals surface area contributed by atoms with Crippen LogP contribution < -0.4 is 5.69 Å². The number of aromatic amines is 1. The van der Waals surface area contributed by atoms with E-state index in [-0.39, 0.29) is 17.8 Å². The molecule has 4 aromatic rings. The van der Waals surface area contributed by atoms with E-state index in [0.29, 0.717) is 16.7 Å². The van der Waals surface area contributed by atoms with E-state index in [9.17, 15) is 22.4 Å². The predicted molar refractivity (Wildman–Crippen MR) is 96.3 cm³/mol. The molecule has 0 amide bonds. The van der Waals surface area contributed by atoms with Crippen molar-refractivity contribution in [2.75, 3.05) is 0 Å². The van der Waals surface area contributed by atoms with Crippen molar-refractivity contribution < 1.29 is 17.6 Å². The van der Waals surface area contributed by atoms with Gasteiger partial charge in [-0.05, 0) is 29.3 Å². The lowest BCUT2D eigenvalue weighted by atomic mass is 10.0. The number of hydrogen-bond donors (Lipinski definition) is 1. The molecule has 28 heavy (non-hydrogen) atoms. The average Bonchev–Trinajstić information content (AvgIpc) is 2.97. The second kappa shape index (κ2) is 6.63. The number of aromatic nitrogens is 3. The fourth-order valence-electron chi connectivity index (χ4n) is 3.04. The number of benzene rings is 2. The zero-order chi connectivity index (χ0) is 19.9. The highest BCUT2D eigenvalue weighted by atomic mass is 19.4. The molecule has 8 heteroatoms. The first-order valence-electron chi connectivity index (χ1n) is 8.32. The molecule has 2 aromatic heterocycles. The van der Waals surface area contributed by atoms with Gasteiger partial charge in [0.2, 0.25) is 0 Å². The zero-order valence-electron chi connectivity index (χ0n) is 14.3. The van der Waals surface area contributed by atoms with Crippen molar-refractivity contribution in [3.05, 3.63) is 88.2 Å². The maximum absolute atomic E-state index is 13.6. The number of fused-ring (bicyclic) bond motifs is 1. The number of rotatable bonds is 3. The Morgan fingerprint density at radius 3 is 2.46 bits per heavy atom. The summed E-state index contributed by atoms with van der Waals surface area (Å²) in [4.78, 5) is 19.1. The Hall–Kier alpha value is -3.42. The molecular formula is C20H13F4N3O. The fraction of sp³-hybridized carbons (Fsp3) is 0.100. The number of nitrogens with one attached hydrogen (secondary N) is 1. The van der Waals surface area contributed by atoms with Crippen LogP contribution in [-0.4, -0.2) is 14.5 Å². The van der Waals surface area contributed by atoms with Crippen LogP contribution >= 0.6 is 0 Å². The Kier molecular flexibility index (Phi) is 4.26. The van der Waals surface area contributed by atoms with Crippen molar-refractivity contribution >= 4 is 11.2 Å². The number of hydrogen-bond acceptors (Lipinski definition) is 2. The van der Waals surface area contributed by atoms with E-state index in [1.54, 1.807) is 6.07 Å². The van der Waals surface area contributed by atoms with Crippen molar-refractivity contribution in [3.63, 3.8) is 0 Å². The molecule has 0 spiro atoms. The first-order valence-corrected chi connectivity index (χ1v) is 8.32. The first-order chi connectivity index (χ1) is 13.3. The highest BCUT2D eigenvalue weighted by Gasteiger charge is 2.34. The topological polar surface area (TPSA) is 50.7 Å². The largest absolute Gasteiger partial charge is 0.419 e. The molecule has 0 aliphatic heterocycles. The summed E-state index contributed by atoms with van der Waals surface area (Å²) < 4.78 is 54.0. The van der Waals surface area contributed by atoms with Crippen LogP contribution in [-0.2, 0) is 12.7 Å². The van der Waals surface area contributed by atoms with E-state index in [0.717, 1.165) is 17.7 Å². The highest BCUT2D eigenvalue weighted by molar-refractivity contribution is 5.78. The first kappa shape index (κ1) is 18.0. The smallest absolute Gasteiger partial charge is 0.290 e. The van der Waals surface area contributed by atoms with Crippen molar-refractivity contribution in [1.29, 1.82) is 0 Å². The van der Waals surface area contributed by atoms with Gasteiger partial charge in [0, 0.05) is 11.8 Å². The number of alkyl halides is 3. The molecule has 0 fully saturated rings. The van der Waals surface area contributed by atoms with E-state index < -0.39 is 17.6 Å². The molecular weight excluding hydrogens is 374 g/mol. The van der Waals surface area contributed by atoms with Gasteiger partial charge < -0.3 is 0 Å². The molecule has 4 rings (SSSR count). The minimum absolute atomic E-state index is 0.156. The standard InChI is InChI=1S/C20H13F4N3O/c21-16-7-6-13(8-15(16)20(22,23)24)14-9-17-18(25-10-14)26-19(28)27(17)11-12-4-2-1-3-5-12/h1-10H,11H2,(H,25,26,28). The predicted octanol–water partition coefficient (Wildman–Crippen LogP) is 4.60. The molecule has 0 saturated carbocycles. The maximum atomic E-state index is 13.6. The van der Waals surface area contributed by atoms with E-state index in [1.165, 1.54) is 16.8 Å². The van der Waals surface area contributed by atoms with Crippen LogP contribution in [0, 0.1) is 5.82 Å². The summed E-state index contributed by atoms with van der Waals surface area (Å²) in [6.07, 6.45) is -3.46. The van der Waals surface area contributed by atoms with Gasteiger partial charge in [0.05, 0.1) is 17.6 Å². The van der Waals surface area contributed by atoms with Gasteiger partial charge in [0.15, 0.2) is 5.65 Å². The molecule has 0 aliphatic rings. The van der Waals surface area contributed by atoms with Crippen LogP contribution in [0.5, 0.6) is 0 Å². The summed E-state index contributed by atoms with van der Waals surface area (Å²) in [6.45, 7) is 0.280. The number of nitrogens with zero attached hydrogens (tertiary/aromatic N) is 2. The molecule has 2 heterocycles. The molecule has 0 unspecified atom stereocenters. The number of pyridine rings is 1. The van der Waals surface area contributed by atoms with Crippen molar-refractivity contribution in [2.45, 2.75) is 12.7 Å². The highest BCUT2D eigenvalue weighted by Crippen LogP contribution is 2.34. The van der Waals surface area contributed by atoms with Gasteiger partial charge in [-0.15, -0.1) is 0 Å². The van der Waals surface area contributed by atoms with E-state index in [4.69, 9.17) is 0 Å². The van der Waals surface area contributed by atoms with Crippen molar-refractivity contribution in [3.8, 4) is 11.1 Å². The van der Waals surface area contributed by atoms with Gasteiger partial charge in [-0.3, -0.25) is 9.55 Å². The summed E-state index contributed by atoms with van der Waals surface area (Å²) in [7, 11) is 0. The van der Waals surface area contributed by atoms with Gasteiger partial charge >= 0.3 is 11.9 Å². The quantitative estimate of drug-likeness (QED) is 0.523. The lowest BCUT2D eigenvalue weighted by Crippen LogP contribution is -2.17. The van der Waals surface area contributed by atoms with Crippen LogP contribution in [0.1, 0.15) is 11.1 Å². The average molecular weight is 387 g/mol. The lowest BCUT2D eigenvalue weighted by Gasteiger charge is -2.10.